The average Bonchev–Trinajstić information content (AvgIpc) is 3.06. The fraction of sp³-hybridized carbons (Fsp3) is 0.917. The lowest BCUT2D eigenvalue weighted by Gasteiger charge is -2.20. The first-order valence-corrected chi connectivity index (χ1v) is 6.39. The zero-order chi connectivity index (χ0) is 12.3. The molecule has 0 spiro atoms. The minimum atomic E-state index is -0.318. The van der Waals surface area contributed by atoms with Crippen molar-refractivity contribution in [2.45, 2.75) is 43.9 Å². The highest BCUT2D eigenvalue weighted by atomic mass is 16.5. The number of carbonyl (C=O) groups is 1. The topological polar surface area (TPSA) is 73.6 Å². The van der Waals surface area contributed by atoms with Gasteiger partial charge in [0, 0.05) is 13.7 Å². The molecule has 0 bridgehead atoms. The van der Waals surface area contributed by atoms with Gasteiger partial charge in [0.15, 0.2) is 0 Å². The molecule has 1 unspecified atom stereocenters. The Balaban J connectivity index is 1.79. The number of hydrogen-bond donors (Lipinski definition) is 2. The molecule has 1 aliphatic heterocycles. The number of ether oxygens (including phenoxy) is 2. The molecule has 98 valence electrons. The SMILES string of the molecule is COCC(NC(=O)[C@@H]1CC[C@H](CN)O1)C1CC1. The number of rotatable bonds is 6. The van der Waals surface area contributed by atoms with E-state index in [0.29, 0.717) is 19.1 Å². The summed E-state index contributed by atoms with van der Waals surface area (Å²) in [6.07, 6.45) is 3.76. The van der Waals surface area contributed by atoms with Crippen LogP contribution in [0.2, 0.25) is 0 Å². The number of nitrogens with one attached hydrogen (secondary N) is 1. The summed E-state index contributed by atoms with van der Waals surface area (Å²) in [6.45, 7) is 1.08. The Morgan fingerprint density at radius 2 is 2.24 bits per heavy atom. The van der Waals surface area contributed by atoms with Crippen molar-refractivity contribution in [2.75, 3.05) is 20.3 Å². The average molecular weight is 242 g/mol. The van der Waals surface area contributed by atoms with Gasteiger partial charge in [-0.3, -0.25) is 4.79 Å². The summed E-state index contributed by atoms with van der Waals surface area (Å²) in [6, 6.07) is 0.146. The molecule has 2 aliphatic rings. The van der Waals surface area contributed by atoms with Gasteiger partial charge >= 0.3 is 0 Å². The maximum absolute atomic E-state index is 12.0. The van der Waals surface area contributed by atoms with Crippen molar-refractivity contribution in [3.63, 3.8) is 0 Å². The van der Waals surface area contributed by atoms with Gasteiger partial charge in [-0.05, 0) is 31.6 Å². The number of methoxy groups -OCH3 is 1. The highest BCUT2D eigenvalue weighted by molar-refractivity contribution is 5.81. The van der Waals surface area contributed by atoms with Gasteiger partial charge in [-0.2, -0.15) is 0 Å². The summed E-state index contributed by atoms with van der Waals surface area (Å²) in [5.74, 6) is 0.584. The zero-order valence-electron chi connectivity index (χ0n) is 10.4. The van der Waals surface area contributed by atoms with Gasteiger partial charge in [-0.1, -0.05) is 0 Å². The quantitative estimate of drug-likeness (QED) is 0.689. The van der Waals surface area contributed by atoms with E-state index in [-0.39, 0.29) is 24.2 Å². The van der Waals surface area contributed by atoms with Crippen molar-refractivity contribution >= 4 is 5.91 Å². The third-order valence-electron chi connectivity index (χ3n) is 3.53. The van der Waals surface area contributed by atoms with E-state index in [9.17, 15) is 4.79 Å². The molecular weight excluding hydrogens is 220 g/mol. The van der Waals surface area contributed by atoms with Crippen LogP contribution in [0.5, 0.6) is 0 Å². The Labute approximate surface area is 102 Å². The fourth-order valence-corrected chi connectivity index (χ4v) is 2.32. The van der Waals surface area contributed by atoms with Crippen molar-refractivity contribution in [3.05, 3.63) is 0 Å². The highest BCUT2D eigenvalue weighted by Gasteiger charge is 2.36. The molecule has 0 aromatic rings. The second-order valence-electron chi connectivity index (χ2n) is 4.97. The first-order chi connectivity index (χ1) is 8.24. The summed E-state index contributed by atoms with van der Waals surface area (Å²) < 4.78 is 10.7. The number of amides is 1. The van der Waals surface area contributed by atoms with Gasteiger partial charge in [-0.15, -0.1) is 0 Å². The van der Waals surface area contributed by atoms with Crippen LogP contribution < -0.4 is 11.1 Å². The lowest BCUT2D eigenvalue weighted by Crippen LogP contribution is -2.45. The lowest BCUT2D eigenvalue weighted by molar-refractivity contribution is -0.133. The van der Waals surface area contributed by atoms with E-state index < -0.39 is 0 Å². The van der Waals surface area contributed by atoms with Crippen molar-refractivity contribution in [1.29, 1.82) is 0 Å². The molecule has 3 atom stereocenters. The van der Waals surface area contributed by atoms with E-state index in [4.69, 9.17) is 15.2 Å². The van der Waals surface area contributed by atoms with Crippen LogP contribution in [0, 0.1) is 5.92 Å². The van der Waals surface area contributed by atoms with Crippen LogP contribution in [0.1, 0.15) is 25.7 Å². The van der Waals surface area contributed by atoms with Crippen molar-refractivity contribution in [3.8, 4) is 0 Å². The smallest absolute Gasteiger partial charge is 0.249 e. The van der Waals surface area contributed by atoms with E-state index in [1.54, 1.807) is 7.11 Å². The van der Waals surface area contributed by atoms with Crippen molar-refractivity contribution in [2.24, 2.45) is 11.7 Å². The minimum absolute atomic E-state index is 0.00472. The van der Waals surface area contributed by atoms with Crippen LogP contribution in [0.25, 0.3) is 0 Å². The van der Waals surface area contributed by atoms with E-state index >= 15 is 0 Å². The van der Waals surface area contributed by atoms with E-state index in [2.05, 4.69) is 5.32 Å². The van der Waals surface area contributed by atoms with Gasteiger partial charge in [0.25, 0.3) is 0 Å². The predicted molar refractivity (Wildman–Crippen MR) is 63.5 cm³/mol. The second kappa shape index (κ2) is 5.80. The standard InChI is InChI=1S/C12H22N2O3/c1-16-7-10(8-2-3-8)14-12(15)11-5-4-9(6-13)17-11/h8-11H,2-7,13H2,1H3,(H,14,15)/t9-,10?,11+/m1/s1. The minimum Gasteiger partial charge on any atom is -0.383 e. The molecule has 1 aliphatic carbocycles. The van der Waals surface area contributed by atoms with E-state index in [1.807, 2.05) is 0 Å². The van der Waals surface area contributed by atoms with Crippen LogP contribution in [0.3, 0.4) is 0 Å². The molecular formula is C12H22N2O3. The molecule has 5 nitrogen and oxygen atoms in total. The first kappa shape index (κ1) is 12.8. The summed E-state index contributed by atoms with van der Waals surface area (Å²) >= 11 is 0. The van der Waals surface area contributed by atoms with Gasteiger partial charge in [0.1, 0.15) is 6.10 Å². The van der Waals surface area contributed by atoms with Crippen LogP contribution >= 0.6 is 0 Å². The number of carbonyl (C=O) groups excluding carboxylic acids is 1. The molecule has 0 aromatic carbocycles. The Morgan fingerprint density at radius 3 is 2.76 bits per heavy atom. The first-order valence-electron chi connectivity index (χ1n) is 6.39. The summed E-state index contributed by atoms with van der Waals surface area (Å²) in [5, 5.41) is 3.04. The van der Waals surface area contributed by atoms with Gasteiger partial charge in [0.2, 0.25) is 5.91 Å². The van der Waals surface area contributed by atoms with Crippen LogP contribution in [-0.4, -0.2) is 44.4 Å². The molecule has 2 rings (SSSR count). The van der Waals surface area contributed by atoms with Crippen molar-refractivity contribution < 1.29 is 14.3 Å². The Hall–Kier alpha value is -0.650. The Bertz CT molecular complexity index is 268. The van der Waals surface area contributed by atoms with Gasteiger partial charge in [-0.25, -0.2) is 0 Å². The molecule has 0 aromatic heterocycles. The zero-order valence-corrected chi connectivity index (χ0v) is 10.4. The van der Waals surface area contributed by atoms with Crippen LogP contribution in [0.4, 0.5) is 0 Å². The Morgan fingerprint density at radius 1 is 1.47 bits per heavy atom. The molecule has 5 heteroatoms. The predicted octanol–water partition coefficient (Wildman–Crippen LogP) is 0.0339. The third-order valence-corrected chi connectivity index (χ3v) is 3.53. The molecule has 17 heavy (non-hydrogen) atoms. The molecule has 2 fully saturated rings. The van der Waals surface area contributed by atoms with Gasteiger partial charge in [0.05, 0.1) is 18.8 Å². The molecule has 1 saturated carbocycles. The summed E-state index contributed by atoms with van der Waals surface area (Å²) in [7, 11) is 1.66. The third kappa shape index (κ3) is 3.40. The van der Waals surface area contributed by atoms with Crippen molar-refractivity contribution in [1.82, 2.24) is 5.32 Å². The lowest BCUT2D eigenvalue weighted by atomic mass is 10.1. The maximum Gasteiger partial charge on any atom is 0.249 e. The normalized spacial score (nSPS) is 30.2. The second-order valence-corrected chi connectivity index (χ2v) is 4.97. The molecule has 1 heterocycles. The molecule has 0 radical (unpaired) electrons. The fourth-order valence-electron chi connectivity index (χ4n) is 2.32. The number of hydrogen-bond acceptors (Lipinski definition) is 4. The Kier molecular flexibility index (Phi) is 4.36. The van der Waals surface area contributed by atoms with E-state index in [0.717, 1.165) is 12.8 Å². The molecule has 3 N–H and O–H groups in total. The van der Waals surface area contributed by atoms with E-state index in [1.165, 1.54) is 12.8 Å². The summed E-state index contributed by atoms with van der Waals surface area (Å²) in [5.41, 5.74) is 5.53. The maximum atomic E-state index is 12.0. The number of nitrogens with two attached hydrogens (primary N) is 1. The molecule has 1 saturated heterocycles. The largest absolute Gasteiger partial charge is 0.383 e. The van der Waals surface area contributed by atoms with Gasteiger partial charge < -0.3 is 20.5 Å². The van der Waals surface area contributed by atoms with Crippen LogP contribution in [0.15, 0.2) is 0 Å². The highest BCUT2D eigenvalue weighted by Crippen LogP contribution is 2.33. The molecule has 1 amide bonds. The summed E-state index contributed by atoms with van der Waals surface area (Å²) in [4.78, 5) is 12.0. The monoisotopic (exact) mass is 242 g/mol. The van der Waals surface area contributed by atoms with Crippen LogP contribution in [-0.2, 0) is 14.3 Å².